The number of rotatable bonds is 5. The number of carbonyl (C=O) groups excluding carboxylic acids is 1. The molecule has 0 saturated carbocycles. The highest BCUT2D eigenvalue weighted by molar-refractivity contribution is 5.94. The van der Waals surface area contributed by atoms with Gasteiger partial charge in [-0.1, -0.05) is 35.9 Å². The van der Waals surface area contributed by atoms with Crippen LogP contribution < -0.4 is 26.1 Å². The number of nitrogen functional groups attached to an aromatic ring is 1. The molecule has 1 unspecified atom stereocenters. The van der Waals surface area contributed by atoms with E-state index in [4.69, 9.17) is 15.2 Å². The smallest absolute Gasteiger partial charge is 0.258 e. The van der Waals surface area contributed by atoms with E-state index < -0.39 is 5.92 Å². The van der Waals surface area contributed by atoms with Gasteiger partial charge in [0.15, 0.2) is 11.5 Å². The second-order valence-corrected chi connectivity index (χ2v) is 7.20. The maximum Gasteiger partial charge on any atom is 0.258 e. The molecule has 1 amide bonds. The van der Waals surface area contributed by atoms with Crippen LogP contribution in [0.1, 0.15) is 34.6 Å². The maximum absolute atomic E-state index is 12.5. The molecule has 4 N–H and O–H groups in total. The molecule has 1 aliphatic rings. The predicted molar refractivity (Wildman–Crippen MR) is 113 cm³/mol. The number of aromatic amines is 1. The van der Waals surface area contributed by atoms with Crippen LogP contribution in [0.3, 0.4) is 0 Å². The fraction of sp³-hybridized carbons (Fsp3) is 0.227. The molecule has 3 aromatic rings. The quantitative estimate of drug-likeness (QED) is 0.599. The number of nitrogens with zero attached hydrogens (tertiary/aromatic N) is 1. The van der Waals surface area contributed by atoms with Crippen molar-refractivity contribution in [1.82, 2.24) is 9.97 Å². The molecule has 2 heterocycles. The van der Waals surface area contributed by atoms with Crippen LogP contribution in [0.5, 0.6) is 11.5 Å². The molecule has 0 aliphatic carbocycles. The molecular formula is C22H22N4O4. The Morgan fingerprint density at radius 1 is 1.13 bits per heavy atom. The molecule has 30 heavy (non-hydrogen) atoms. The molecule has 1 atom stereocenters. The highest BCUT2D eigenvalue weighted by Crippen LogP contribution is 2.38. The summed E-state index contributed by atoms with van der Waals surface area (Å²) in [5.74, 6) is 0.543. The van der Waals surface area contributed by atoms with Gasteiger partial charge in [0.2, 0.25) is 11.9 Å². The highest BCUT2D eigenvalue weighted by atomic mass is 16.5. The number of nitrogens with one attached hydrogen (secondary N) is 2. The first kappa shape index (κ1) is 19.5. The van der Waals surface area contributed by atoms with Gasteiger partial charge in [-0.05, 0) is 30.2 Å². The second-order valence-electron chi connectivity index (χ2n) is 7.20. The van der Waals surface area contributed by atoms with E-state index in [-0.39, 0.29) is 29.7 Å². The van der Waals surface area contributed by atoms with Gasteiger partial charge in [0.25, 0.3) is 5.56 Å². The summed E-state index contributed by atoms with van der Waals surface area (Å²) < 4.78 is 11.4. The first-order valence-electron chi connectivity index (χ1n) is 9.50. The molecule has 1 aliphatic heterocycles. The largest absolute Gasteiger partial charge is 0.493 e. The molecule has 0 spiro atoms. The average Bonchev–Trinajstić information content (AvgIpc) is 2.72. The van der Waals surface area contributed by atoms with E-state index in [9.17, 15) is 9.59 Å². The number of amides is 1. The Bertz CT molecular complexity index is 1150. The van der Waals surface area contributed by atoms with Gasteiger partial charge in [-0.2, -0.15) is 4.98 Å². The van der Waals surface area contributed by atoms with Gasteiger partial charge < -0.3 is 20.5 Å². The van der Waals surface area contributed by atoms with Crippen LogP contribution in [-0.4, -0.2) is 23.0 Å². The Labute approximate surface area is 173 Å². The fourth-order valence-corrected chi connectivity index (χ4v) is 3.54. The number of carbonyl (C=O) groups is 1. The van der Waals surface area contributed by atoms with Crippen LogP contribution in [0.25, 0.3) is 0 Å². The predicted octanol–water partition coefficient (Wildman–Crippen LogP) is 2.72. The number of fused-ring (bicyclic) bond motifs is 1. The summed E-state index contributed by atoms with van der Waals surface area (Å²) in [4.78, 5) is 31.2. The van der Waals surface area contributed by atoms with Crippen LogP contribution in [-0.2, 0) is 11.4 Å². The zero-order valence-electron chi connectivity index (χ0n) is 16.7. The van der Waals surface area contributed by atoms with E-state index in [1.807, 2.05) is 37.3 Å². The van der Waals surface area contributed by atoms with Crippen LogP contribution in [0.15, 0.2) is 47.3 Å². The molecule has 4 rings (SSSR count). The summed E-state index contributed by atoms with van der Waals surface area (Å²) >= 11 is 0. The van der Waals surface area contributed by atoms with E-state index in [0.29, 0.717) is 23.7 Å². The summed E-state index contributed by atoms with van der Waals surface area (Å²) in [6.45, 7) is 2.43. The molecule has 1 aromatic heterocycles. The standard InChI is InChI=1S/C22H22N4O4/c1-12-3-5-13(6-4-12)11-30-16-8-7-14(9-17(16)29-2)15-10-18(27)24-20-19(15)21(28)26-22(23)25-20/h3-9,15H,10-11H2,1-2H3,(H4,23,24,25,26,27,28). The lowest BCUT2D eigenvalue weighted by atomic mass is 9.86. The highest BCUT2D eigenvalue weighted by Gasteiger charge is 2.31. The van der Waals surface area contributed by atoms with E-state index in [1.54, 1.807) is 19.2 Å². The molecule has 0 bridgehead atoms. The topological polar surface area (TPSA) is 119 Å². The van der Waals surface area contributed by atoms with Crippen molar-refractivity contribution in [2.24, 2.45) is 0 Å². The minimum Gasteiger partial charge on any atom is -0.493 e. The van der Waals surface area contributed by atoms with Gasteiger partial charge in [0.1, 0.15) is 12.4 Å². The number of hydrogen-bond acceptors (Lipinski definition) is 6. The number of aryl methyl sites for hydroxylation is 1. The molecule has 8 nitrogen and oxygen atoms in total. The molecule has 154 valence electrons. The molecule has 0 radical (unpaired) electrons. The normalized spacial score (nSPS) is 15.3. The number of benzene rings is 2. The lowest BCUT2D eigenvalue weighted by Crippen LogP contribution is -2.31. The number of aromatic nitrogens is 2. The minimum atomic E-state index is -0.467. The van der Waals surface area contributed by atoms with Gasteiger partial charge >= 0.3 is 0 Å². The summed E-state index contributed by atoms with van der Waals surface area (Å²) in [5.41, 5.74) is 8.59. The molecule has 2 aromatic carbocycles. The van der Waals surface area contributed by atoms with Gasteiger partial charge in [0, 0.05) is 12.3 Å². The van der Waals surface area contributed by atoms with Crippen molar-refractivity contribution in [2.45, 2.75) is 25.9 Å². The Balaban J connectivity index is 1.64. The van der Waals surface area contributed by atoms with Crippen molar-refractivity contribution in [3.63, 3.8) is 0 Å². The number of H-pyrrole nitrogens is 1. The summed E-state index contributed by atoms with van der Waals surface area (Å²) in [5, 5.41) is 2.62. The molecule has 8 heteroatoms. The zero-order valence-corrected chi connectivity index (χ0v) is 16.7. The Morgan fingerprint density at radius 2 is 1.90 bits per heavy atom. The van der Waals surface area contributed by atoms with Gasteiger partial charge in [-0.25, -0.2) is 0 Å². The number of hydrogen-bond donors (Lipinski definition) is 3. The third-order valence-corrected chi connectivity index (χ3v) is 5.07. The molecule has 0 fully saturated rings. The lowest BCUT2D eigenvalue weighted by Gasteiger charge is -2.25. The van der Waals surface area contributed by atoms with Crippen LogP contribution in [0.2, 0.25) is 0 Å². The Morgan fingerprint density at radius 3 is 2.63 bits per heavy atom. The lowest BCUT2D eigenvalue weighted by molar-refractivity contribution is -0.116. The van der Waals surface area contributed by atoms with Crippen molar-refractivity contribution in [2.75, 3.05) is 18.2 Å². The summed E-state index contributed by atoms with van der Waals surface area (Å²) in [6.07, 6.45) is 0.119. The van der Waals surface area contributed by atoms with Gasteiger partial charge in [0.05, 0.1) is 12.7 Å². The van der Waals surface area contributed by atoms with Gasteiger partial charge in [-0.3, -0.25) is 14.6 Å². The second kappa shape index (κ2) is 7.90. The monoisotopic (exact) mass is 406 g/mol. The third kappa shape index (κ3) is 3.84. The van der Waals surface area contributed by atoms with E-state index in [0.717, 1.165) is 11.1 Å². The van der Waals surface area contributed by atoms with E-state index in [2.05, 4.69) is 15.3 Å². The summed E-state index contributed by atoms with van der Waals surface area (Å²) in [7, 11) is 1.55. The number of ether oxygens (including phenoxy) is 2. The van der Waals surface area contributed by atoms with E-state index in [1.165, 1.54) is 5.56 Å². The summed E-state index contributed by atoms with van der Waals surface area (Å²) in [6, 6.07) is 13.5. The molecular weight excluding hydrogens is 384 g/mol. The number of anilines is 2. The van der Waals surface area contributed by atoms with Crippen LogP contribution >= 0.6 is 0 Å². The van der Waals surface area contributed by atoms with Crippen molar-refractivity contribution >= 4 is 17.7 Å². The molecule has 0 saturated heterocycles. The first-order valence-corrected chi connectivity index (χ1v) is 9.50. The van der Waals surface area contributed by atoms with Crippen molar-refractivity contribution in [1.29, 1.82) is 0 Å². The van der Waals surface area contributed by atoms with Crippen molar-refractivity contribution in [3.05, 3.63) is 75.1 Å². The Kier molecular flexibility index (Phi) is 5.14. The Hall–Kier alpha value is -3.81. The van der Waals surface area contributed by atoms with Crippen molar-refractivity contribution in [3.8, 4) is 11.5 Å². The first-order chi connectivity index (χ1) is 14.4. The zero-order chi connectivity index (χ0) is 21.3. The average molecular weight is 406 g/mol. The van der Waals surface area contributed by atoms with E-state index >= 15 is 0 Å². The van der Waals surface area contributed by atoms with Gasteiger partial charge in [-0.15, -0.1) is 0 Å². The van der Waals surface area contributed by atoms with Crippen LogP contribution in [0, 0.1) is 6.92 Å². The number of nitrogens with two attached hydrogens (primary N) is 1. The maximum atomic E-state index is 12.5. The minimum absolute atomic E-state index is 0.0443. The van der Waals surface area contributed by atoms with Crippen LogP contribution in [0.4, 0.5) is 11.8 Å². The third-order valence-electron chi connectivity index (χ3n) is 5.07. The number of methoxy groups -OCH3 is 1. The fourth-order valence-electron chi connectivity index (χ4n) is 3.54. The SMILES string of the molecule is COc1cc(C2CC(=O)Nc3nc(N)[nH]c(=O)c32)ccc1OCc1ccc(C)cc1. The van der Waals surface area contributed by atoms with Crippen molar-refractivity contribution < 1.29 is 14.3 Å².